The second-order valence-corrected chi connectivity index (χ2v) is 9.45. The Kier molecular flexibility index (Phi) is 6.29. The molecule has 6 nitrogen and oxygen atoms in total. The van der Waals surface area contributed by atoms with Gasteiger partial charge in [0, 0.05) is 18.0 Å². The van der Waals surface area contributed by atoms with E-state index in [0.717, 1.165) is 10.2 Å². The predicted molar refractivity (Wildman–Crippen MR) is 125 cm³/mol. The summed E-state index contributed by atoms with van der Waals surface area (Å²) in [6.07, 6.45) is 0.0117. The van der Waals surface area contributed by atoms with E-state index in [-0.39, 0.29) is 18.2 Å². The molecule has 154 valence electrons. The summed E-state index contributed by atoms with van der Waals surface area (Å²) in [5, 5.41) is 4.15. The molecule has 1 unspecified atom stereocenters. The Bertz CT molecular complexity index is 1130. The van der Waals surface area contributed by atoms with Crippen molar-refractivity contribution in [1.29, 1.82) is 0 Å². The van der Waals surface area contributed by atoms with Crippen LogP contribution in [0.1, 0.15) is 13.3 Å². The Balaban J connectivity index is 1.49. The van der Waals surface area contributed by atoms with E-state index in [1.807, 2.05) is 31.2 Å². The fourth-order valence-corrected chi connectivity index (χ4v) is 5.52. The maximum absolute atomic E-state index is 12.8. The van der Waals surface area contributed by atoms with Gasteiger partial charge in [-0.25, -0.2) is 4.98 Å². The highest BCUT2D eigenvalue weighted by Crippen LogP contribution is 2.34. The molecular formula is C20H16Cl2N4O2S2. The number of benzene rings is 2. The van der Waals surface area contributed by atoms with Crippen LogP contribution in [-0.2, 0) is 9.59 Å². The summed E-state index contributed by atoms with van der Waals surface area (Å²) in [5.41, 5.74) is 1.33. The Hall–Kier alpha value is -2.13. The zero-order valence-corrected chi connectivity index (χ0v) is 18.9. The van der Waals surface area contributed by atoms with Crippen molar-refractivity contribution in [2.45, 2.75) is 18.6 Å². The molecule has 1 N–H and O–H groups in total. The number of thioether (sulfide) groups is 1. The summed E-state index contributed by atoms with van der Waals surface area (Å²) in [6.45, 7) is 2.35. The number of aliphatic imine (C=N–C) groups is 1. The van der Waals surface area contributed by atoms with Crippen LogP contribution in [0.25, 0.3) is 10.2 Å². The predicted octanol–water partition coefficient (Wildman–Crippen LogP) is 5.58. The maximum Gasteiger partial charge on any atom is 0.242 e. The molecule has 1 aliphatic heterocycles. The second kappa shape index (κ2) is 8.93. The van der Waals surface area contributed by atoms with Crippen molar-refractivity contribution < 1.29 is 9.59 Å². The number of rotatable bonds is 5. The summed E-state index contributed by atoms with van der Waals surface area (Å²) < 4.78 is 1.03. The first kappa shape index (κ1) is 21.1. The molecule has 0 radical (unpaired) electrons. The van der Waals surface area contributed by atoms with Gasteiger partial charge in [-0.1, -0.05) is 58.4 Å². The van der Waals surface area contributed by atoms with E-state index in [9.17, 15) is 9.59 Å². The molecule has 1 aliphatic rings. The highest BCUT2D eigenvalue weighted by molar-refractivity contribution is 8.15. The van der Waals surface area contributed by atoms with Crippen molar-refractivity contribution in [2.24, 2.45) is 4.99 Å². The molecule has 4 rings (SSSR count). The molecule has 0 spiro atoms. The van der Waals surface area contributed by atoms with Gasteiger partial charge in [0.2, 0.25) is 16.9 Å². The Morgan fingerprint density at radius 2 is 2.07 bits per heavy atom. The monoisotopic (exact) mass is 478 g/mol. The second-order valence-electron chi connectivity index (χ2n) is 6.42. The third-order valence-electron chi connectivity index (χ3n) is 4.39. The molecule has 0 bridgehead atoms. The first-order valence-electron chi connectivity index (χ1n) is 9.12. The molecule has 3 aromatic rings. The number of hydrogen-bond donors (Lipinski definition) is 1. The largest absolute Gasteiger partial charge is 0.325 e. The van der Waals surface area contributed by atoms with Crippen LogP contribution in [0.2, 0.25) is 10.0 Å². The average molecular weight is 479 g/mol. The third kappa shape index (κ3) is 4.46. The Morgan fingerprint density at radius 3 is 2.80 bits per heavy atom. The van der Waals surface area contributed by atoms with Gasteiger partial charge >= 0.3 is 0 Å². The molecule has 10 heteroatoms. The fraction of sp³-hybridized carbons (Fsp3) is 0.200. The van der Waals surface area contributed by atoms with Gasteiger partial charge in [0.05, 0.1) is 20.9 Å². The zero-order valence-electron chi connectivity index (χ0n) is 15.8. The molecule has 2 aromatic carbocycles. The van der Waals surface area contributed by atoms with Gasteiger partial charge in [0.1, 0.15) is 5.25 Å². The molecule has 1 fully saturated rings. The quantitative estimate of drug-likeness (QED) is 0.518. The summed E-state index contributed by atoms with van der Waals surface area (Å²) in [6, 6.07) is 12.6. The number of hydrogen-bond acceptors (Lipinski definition) is 6. The number of amides is 2. The van der Waals surface area contributed by atoms with Crippen LogP contribution < -0.4 is 5.32 Å². The Labute approximate surface area is 191 Å². The van der Waals surface area contributed by atoms with Gasteiger partial charge in [0.25, 0.3) is 0 Å². The number of para-hydroxylation sites is 1. The van der Waals surface area contributed by atoms with Crippen LogP contribution >= 0.6 is 46.3 Å². The van der Waals surface area contributed by atoms with E-state index in [1.165, 1.54) is 23.1 Å². The van der Waals surface area contributed by atoms with E-state index >= 15 is 0 Å². The van der Waals surface area contributed by atoms with E-state index < -0.39 is 5.25 Å². The zero-order chi connectivity index (χ0) is 21.3. The van der Waals surface area contributed by atoms with Crippen molar-refractivity contribution in [3.63, 3.8) is 0 Å². The standard InChI is InChI=1S/C20H16Cl2N4O2S2/c1-2-26-18(28)16(10-17(27)23-13-8-7-11(21)9-12(13)22)30-20(26)25-19-24-14-5-3-4-6-15(14)29-19/h3-9,16H,2,10H2,1H3,(H,23,27). The van der Waals surface area contributed by atoms with Crippen LogP contribution in [0.5, 0.6) is 0 Å². The number of aromatic nitrogens is 1. The number of halogens is 2. The fourth-order valence-electron chi connectivity index (χ4n) is 2.97. The SMILES string of the molecule is CCN1C(=O)C(CC(=O)Nc2ccc(Cl)cc2Cl)SC1=Nc1nc2ccccc2s1. The van der Waals surface area contributed by atoms with Gasteiger partial charge in [-0.05, 0) is 37.3 Å². The Morgan fingerprint density at radius 1 is 1.27 bits per heavy atom. The topological polar surface area (TPSA) is 74.7 Å². The van der Waals surface area contributed by atoms with Gasteiger partial charge in [-0.15, -0.1) is 0 Å². The van der Waals surface area contributed by atoms with E-state index in [1.54, 1.807) is 23.1 Å². The summed E-state index contributed by atoms with van der Waals surface area (Å²) >= 11 is 14.7. The van der Waals surface area contributed by atoms with Crippen molar-refractivity contribution in [2.75, 3.05) is 11.9 Å². The maximum atomic E-state index is 12.8. The number of amidine groups is 1. The molecule has 0 aliphatic carbocycles. The van der Waals surface area contributed by atoms with Crippen molar-refractivity contribution in [1.82, 2.24) is 9.88 Å². The van der Waals surface area contributed by atoms with Crippen molar-refractivity contribution in [3.8, 4) is 0 Å². The lowest BCUT2D eigenvalue weighted by atomic mass is 10.2. The normalized spacial score (nSPS) is 17.8. The van der Waals surface area contributed by atoms with E-state index in [0.29, 0.717) is 32.6 Å². The van der Waals surface area contributed by atoms with Crippen molar-refractivity contribution in [3.05, 3.63) is 52.5 Å². The highest BCUT2D eigenvalue weighted by atomic mass is 35.5. The molecule has 2 heterocycles. The number of nitrogens with zero attached hydrogens (tertiary/aromatic N) is 3. The molecule has 2 amide bonds. The number of carbonyl (C=O) groups is 2. The van der Waals surface area contributed by atoms with Crippen molar-refractivity contribution >= 4 is 84.3 Å². The summed E-state index contributed by atoms with van der Waals surface area (Å²) in [7, 11) is 0. The molecule has 0 saturated carbocycles. The molecular weight excluding hydrogens is 463 g/mol. The van der Waals surface area contributed by atoms with Crippen LogP contribution in [0.15, 0.2) is 47.5 Å². The number of nitrogens with one attached hydrogen (secondary N) is 1. The minimum absolute atomic E-state index is 0.0117. The van der Waals surface area contributed by atoms with Crippen LogP contribution in [0.3, 0.4) is 0 Å². The van der Waals surface area contributed by atoms with Gasteiger partial charge in [-0.3, -0.25) is 14.5 Å². The number of anilines is 1. The molecule has 30 heavy (non-hydrogen) atoms. The molecule has 1 aromatic heterocycles. The van der Waals surface area contributed by atoms with Gasteiger partial charge in [-0.2, -0.15) is 4.99 Å². The first-order valence-corrected chi connectivity index (χ1v) is 11.6. The van der Waals surface area contributed by atoms with E-state index in [2.05, 4.69) is 15.3 Å². The average Bonchev–Trinajstić information content (AvgIpc) is 3.24. The van der Waals surface area contributed by atoms with Gasteiger partial charge in [0.15, 0.2) is 5.17 Å². The minimum atomic E-state index is -0.552. The molecule has 1 saturated heterocycles. The highest BCUT2D eigenvalue weighted by Gasteiger charge is 2.38. The lowest BCUT2D eigenvalue weighted by Crippen LogP contribution is -2.33. The minimum Gasteiger partial charge on any atom is -0.325 e. The molecule has 1 atom stereocenters. The smallest absolute Gasteiger partial charge is 0.242 e. The first-order chi connectivity index (χ1) is 14.4. The van der Waals surface area contributed by atoms with E-state index in [4.69, 9.17) is 23.2 Å². The lowest BCUT2D eigenvalue weighted by molar-refractivity contribution is -0.128. The van der Waals surface area contributed by atoms with Crippen LogP contribution in [-0.4, -0.2) is 38.7 Å². The summed E-state index contributed by atoms with van der Waals surface area (Å²) in [4.78, 5) is 36.0. The van der Waals surface area contributed by atoms with Crippen LogP contribution in [0.4, 0.5) is 10.8 Å². The number of carbonyl (C=O) groups excluding carboxylic acids is 2. The summed E-state index contributed by atoms with van der Waals surface area (Å²) in [5.74, 6) is -0.443. The number of fused-ring (bicyclic) bond motifs is 1. The third-order valence-corrected chi connectivity index (χ3v) is 7.04. The lowest BCUT2D eigenvalue weighted by Gasteiger charge is -2.13. The van der Waals surface area contributed by atoms with Gasteiger partial charge < -0.3 is 5.32 Å². The number of thiazole rings is 1. The van der Waals surface area contributed by atoms with Crippen LogP contribution in [0, 0.1) is 0 Å².